The van der Waals surface area contributed by atoms with E-state index in [-0.39, 0.29) is 11.5 Å². The Hall–Kier alpha value is -1.36. The number of Topliss-reactive ketones (excluding diaryl/α,β-unsaturated/α-hetero) is 1. The summed E-state index contributed by atoms with van der Waals surface area (Å²) in [6.45, 7) is 2.20. The molecule has 0 aliphatic rings. The van der Waals surface area contributed by atoms with Gasteiger partial charge in [0.2, 0.25) is 0 Å². The third-order valence-corrected chi connectivity index (χ3v) is 4.32. The van der Waals surface area contributed by atoms with Crippen LogP contribution < -0.4 is 5.69 Å². The van der Waals surface area contributed by atoms with Crippen molar-refractivity contribution < 1.29 is 4.79 Å². The van der Waals surface area contributed by atoms with Gasteiger partial charge in [0, 0.05) is 16.5 Å². The molecule has 0 spiro atoms. The average Bonchev–Trinajstić information content (AvgIpc) is 2.80. The average molecular weight is 353 g/mol. The fraction of sp³-hybridized carbons (Fsp3) is 0.500. The maximum absolute atomic E-state index is 12.3. The predicted molar refractivity (Wildman–Crippen MR) is 88.9 cm³/mol. The van der Waals surface area contributed by atoms with Gasteiger partial charge in [-0.2, -0.15) is 0 Å². The van der Waals surface area contributed by atoms with Crippen molar-refractivity contribution in [2.45, 2.75) is 51.9 Å². The lowest BCUT2D eigenvalue weighted by atomic mass is 10.0. The van der Waals surface area contributed by atoms with Crippen LogP contribution in [-0.4, -0.2) is 15.8 Å². The number of carbonyl (C=O) groups is 1. The molecule has 0 aliphatic heterocycles. The van der Waals surface area contributed by atoms with Crippen molar-refractivity contribution in [3.63, 3.8) is 0 Å². The van der Waals surface area contributed by atoms with Gasteiger partial charge in [0.1, 0.15) is 0 Å². The van der Waals surface area contributed by atoms with Crippen molar-refractivity contribution in [3.05, 3.63) is 32.7 Å². The third kappa shape index (κ3) is 4.30. The summed E-state index contributed by atoms with van der Waals surface area (Å²) in [5.41, 5.74) is 1.78. The van der Waals surface area contributed by atoms with E-state index >= 15 is 0 Å². The van der Waals surface area contributed by atoms with Crippen molar-refractivity contribution in [1.29, 1.82) is 0 Å². The molecule has 0 aliphatic carbocycles. The van der Waals surface area contributed by atoms with E-state index in [2.05, 4.69) is 32.8 Å². The highest BCUT2D eigenvalue weighted by molar-refractivity contribution is 9.10. The Balaban J connectivity index is 1.95. The second kappa shape index (κ2) is 7.59. The number of halogens is 1. The summed E-state index contributed by atoms with van der Waals surface area (Å²) in [5.74, 6) is 0.126. The van der Waals surface area contributed by atoms with Crippen LogP contribution in [0.5, 0.6) is 0 Å². The molecule has 114 valence electrons. The summed E-state index contributed by atoms with van der Waals surface area (Å²) in [4.78, 5) is 28.9. The zero-order valence-corrected chi connectivity index (χ0v) is 13.9. The Morgan fingerprint density at radius 3 is 2.38 bits per heavy atom. The van der Waals surface area contributed by atoms with E-state index in [0.29, 0.717) is 23.0 Å². The van der Waals surface area contributed by atoms with Crippen LogP contribution in [0.2, 0.25) is 0 Å². The topological polar surface area (TPSA) is 65.7 Å². The number of H-pyrrole nitrogens is 2. The van der Waals surface area contributed by atoms with Gasteiger partial charge in [-0.15, -0.1) is 0 Å². The van der Waals surface area contributed by atoms with Crippen LogP contribution in [0.4, 0.5) is 0 Å². The van der Waals surface area contributed by atoms with Gasteiger partial charge in [0.05, 0.1) is 11.0 Å². The highest BCUT2D eigenvalue weighted by atomic mass is 79.9. The number of benzene rings is 1. The van der Waals surface area contributed by atoms with Crippen LogP contribution in [0.25, 0.3) is 11.0 Å². The second-order valence-corrected chi connectivity index (χ2v) is 6.25. The molecule has 0 unspecified atom stereocenters. The molecule has 4 nitrogen and oxygen atoms in total. The highest BCUT2D eigenvalue weighted by Crippen LogP contribution is 2.23. The standard InChI is InChI=1S/C16H21BrN2O2/c1-2-3-4-5-6-7-8-15(20)11-9-13-14(10-12(11)17)19-16(21)18-13/h9-10H,2-8H2,1H3,(H2,18,19,21). The van der Waals surface area contributed by atoms with Gasteiger partial charge in [-0.1, -0.05) is 39.0 Å². The van der Waals surface area contributed by atoms with Crippen molar-refractivity contribution in [3.8, 4) is 0 Å². The van der Waals surface area contributed by atoms with Gasteiger partial charge in [0.15, 0.2) is 5.78 Å². The quantitative estimate of drug-likeness (QED) is 0.540. The van der Waals surface area contributed by atoms with E-state index in [4.69, 9.17) is 0 Å². The fourth-order valence-corrected chi connectivity index (χ4v) is 3.03. The number of ketones is 1. The van der Waals surface area contributed by atoms with Gasteiger partial charge in [-0.3, -0.25) is 4.79 Å². The number of fused-ring (bicyclic) bond motifs is 1. The van der Waals surface area contributed by atoms with Gasteiger partial charge < -0.3 is 9.97 Å². The zero-order chi connectivity index (χ0) is 15.2. The van der Waals surface area contributed by atoms with Gasteiger partial charge in [-0.05, 0) is 34.5 Å². The van der Waals surface area contributed by atoms with E-state index in [1.54, 1.807) is 12.1 Å². The molecule has 0 saturated heterocycles. The third-order valence-electron chi connectivity index (χ3n) is 3.66. The van der Waals surface area contributed by atoms with Crippen LogP contribution in [-0.2, 0) is 0 Å². The van der Waals surface area contributed by atoms with Crippen LogP contribution in [0.1, 0.15) is 62.2 Å². The number of rotatable bonds is 8. The molecule has 21 heavy (non-hydrogen) atoms. The summed E-state index contributed by atoms with van der Waals surface area (Å²) >= 11 is 3.41. The smallest absolute Gasteiger partial charge is 0.306 e. The molecular weight excluding hydrogens is 332 g/mol. The minimum Gasteiger partial charge on any atom is -0.306 e. The predicted octanol–water partition coefficient (Wildman–Crippen LogP) is 4.55. The normalized spacial score (nSPS) is 11.1. The first kappa shape index (κ1) is 16.0. The number of hydrogen-bond donors (Lipinski definition) is 2. The first-order valence-electron chi connectivity index (χ1n) is 7.56. The molecule has 0 radical (unpaired) electrons. The molecular formula is C16H21BrN2O2. The lowest BCUT2D eigenvalue weighted by molar-refractivity contribution is 0.0978. The van der Waals surface area contributed by atoms with E-state index in [1.165, 1.54) is 25.7 Å². The van der Waals surface area contributed by atoms with Gasteiger partial charge in [-0.25, -0.2) is 4.79 Å². The molecule has 0 fully saturated rings. The number of aromatic amines is 2. The lowest BCUT2D eigenvalue weighted by Gasteiger charge is -2.04. The first-order chi connectivity index (χ1) is 10.1. The summed E-state index contributed by atoms with van der Waals surface area (Å²) < 4.78 is 0.737. The summed E-state index contributed by atoms with van der Waals surface area (Å²) in [6, 6.07) is 3.53. The van der Waals surface area contributed by atoms with Crippen molar-refractivity contribution in [2.75, 3.05) is 0 Å². The Morgan fingerprint density at radius 1 is 1.05 bits per heavy atom. The summed E-state index contributed by atoms with van der Waals surface area (Å²) in [7, 11) is 0. The number of carbonyl (C=O) groups excluding carboxylic acids is 1. The van der Waals surface area contributed by atoms with Gasteiger partial charge >= 0.3 is 5.69 Å². The molecule has 1 heterocycles. The SMILES string of the molecule is CCCCCCCCC(=O)c1cc2[nH]c(=O)[nH]c2cc1Br. The minimum atomic E-state index is -0.252. The second-order valence-electron chi connectivity index (χ2n) is 5.40. The Labute approximate surface area is 132 Å². The fourth-order valence-electron chi connectivity index (χ4n) is 2.47. The molecule has 1 aromatic carbocycles. The molecule has 5 heteroatoms. The van der Waals surface area contributed by atoms with Crippen molar-refractivity contribution in [1.82, 2.24) is 9.97 Å². The van der Waals surface area contributed by atoms with Gasteiger partial charge in [0.25, 0.3) is 0 Å². The van der Waals surface area contributed by atoms with Crippen LogP contribution >= 0.6 is 15.9 Å². The molecule has 0 atom stereocenters. The van der Waals surface area contributed by atoms with E-state index in [0.717, 1.165) is 17.3 Å². The largest absolute Gasteiger partial charge is 0.323 e. The lowest BCUT2D eigenvalue weighted by Crippen LogP contribution is -2.00. The first-order valence-corrected chi connectivity index (χ1v) is 8.36. The summed E-state index contributed by atoms with van der Waals surface area (Å²) in [6.07, 6.45) is 7.56. The summed E-state index contributed by atoms with van der Waals surface area (Å²) in [5, 5.41) is 0. The molecule has 0 bridgehead atoms. The Kier molecular flexibility index (Phi) is 5.79. The molecule has 2 rings (SSSR count). The van der Waals surface area contributed by atoms with E-state index < -0.39 is 0 Å². The molecule has 0 saturated carbocycles. The maximum Gasteiger partial charge on any atom is 0.323 e. The van der Waals surface area contributed by atoms with Crippen molar-refractivity contribution >= 4 is 32.7 Å². The zero-order valence-electron chi connectivity index (χ0n) is 12.3. The molecule has 2 aromatic rings. The number of unbranched alkanes of at least 4 members (excludes halogenated alkanes) is 5. The molecule has 2 N–H and O–H groups in total. The van der Waals surface area contributed by atoms with E-state index in [1.807, 2.05) is 0 Å². The minimum absolute atomic E-state index is 0.126. The number of imidazole rings is 1. The highest BCUT2D eigenvalue weighted by Gasteiger charge is 2.12. The van der Waals surface area contributed by atoms with Crippen molar-refractivity contribution in [2.24, 2.45) is 0 Å². The molecule has 1 aromatic heterocycles. The van der Waals surface area contributed by atoms with Crippen LogP contribution in [0, 0.1) is 0 Å². The Morgan fingerprint density at radius 2 is 1.67 bits per heavy atom. The van der Waals surface area contributed by atoms with Crippen LogP contribution in [0.15, 0.2) is 21.4 Å². The molecule has 0 amide bonds. The number of aromatic nitrogens is 2. The Bertz CT molecular complexity index is 672. The monoisotopic (exact) mass is 352 g/mol. The maximum atomic E-state index is 12.3. The number of nitrogens with one attached hydrogen (secondary N) is 2. The number of hydrogen-bond acceptors (Lipinski definition) is 2. The van der Waals surface area contributed by atoms with Crippen LogP contribution in [0.3, 0.4) is 0 Å². The van der Waals surface area contributed by atoms with E-state index in [9.17, 15) is 9.59 Å².